The van der Waals surface area contributed by atoms with Crippen molar-refractivity contribution in [3.05, 3.63) is 34.9 Å². The third-order valence-corrected chi connectivity index (χ3v) is 4.10. The number of hydrogen-bond donors (Lipinski definition) is 0. The smallest absolute Gasteiger partial charge is 0.219 e. The maximum atomic E-state index is 12.4. The van der Waals surface area contributed by atoms with Crippen LogP contribution < -0.4 is 0 Å². The zero-order valence-electron chi connectivity index (χ0n) is 11.9. The number of rotatable bonds is 2. The van der Waals surface area contributed by atoms with Gasteiger partial charge in [-0.1, -0.05) is 12.1 Å². The van der Waals surface area contributed by atoms with E-state index in [1.807, 2.05) is 30.0 Å². The summed E-state index contributed by atoms with van der Waals surface area (Å²) in [5.41, 5.74) is 3.18. The number of benzene rings is 1. The van der Waals surface area contributed by atoms with Crippen LogP contribution in [0, 0.1) is 19.8 Å². The van der Waals surface area contributed by atoms with Crippen molar-refractivity contribution < 1.29 is 9.59 Å². The molecule has 102 valence electrons. The molecule has 0 unspecified atom stereocenters. The molecule has 1 saturated heterocycles. The van der Waals surface area contributed by atoms with Crippen molar-refractivity contribution in [1.82, 2.24) is 4.90 Å². The number of hydrogen-bond acceptors (Lipinski definition) is 2. The maximum Gasteiger partial charge on any atom is 0.219 e. The largest absolute Gasteiger partial charge is 0.343 e. The third kappa shape index (κ3) is 3.03. The summed E-state index contributed by atoms with van der Waals surface area (Å²) in [5.74, 6) is 0.404. The van der Waals surface area contributed by atoms with Gasteiger partial charge in [0.05, 0.1) is 0 Å². The van der Waals surface area contributed by atoms with E-state index in [1.54, 1.807) is 6.92 Å². The van der Waals surface area contributed by atoms with Gasteiger partial charge in [0.2, 0.25) is 5.91 Å². The lowest BCUT2D eigenvalue weighted by Crippen LogP contribution is -2.39. The van der Waals surface area contributed by atoms with Crippen molar-refractivity contribution in [3.63, 3.8) is 0 Å². The van der Waals surface area contributed by atoms with Crippen LogP contribution in [0.1, 0.15) is 41.3 Å². The van der Waals surface area contributed by atoms with Crippen LogP contribution in [0.3, 0.4) is 0 Å². The van der Waals surface area contributed by atoms with Crippen LogP contribution >= 0.6 is 0 Å². The van der Waals surface area contributed by atoms with Crippen LogP contribution in [0.2, 0.25) is 0 Å². The third-order valence-electron chi connectivity index (χ3n) is 4.10. The van der Waals surface area contributed by atoms with Crippen molar-refractivity contribution in [2.75, 3.05) is 13.1 Å². The number of piperidine rings is 1. The van der Waals surface area contributed by atoms with E-state index in [0.717, 1.165) is 24.0 Å². The van der Waals surface area contributed by atoms with Crippen LogP contribution in [0.4, 0.5) is 0 Å². The first-order chi connectivity index (χ1) is 8.99. The first-order valence-electron chi connectivity index (χ1n) is 6.86. The van der Waals surface area contributed by atoms with Crippen LogP contribution in [-0.4, -0.2) is 29.7 Å². The molecule has 1 aromatic rings. The summed E-state index contributed by atoms with van der Waals surface area (Å²) < 4.78 is 0. The molecule has 0 saturated carbocycles. The molecule has 0 aromatic heterocycles. The summed E-state index contributed by atoms with van der Waals surface area (Å²) in [4.78, 5) is 25.5. The van der Waals surface area contributed by atoms with Gasteiger partial charge in [-0.2, -0.15) is 0 Å². The summed E-state index contributed by atoms with van der Waals surface area (Å²) in [5, 5.41) is 0. The van der Waals surface area contributed by atoms with Crippen molar-refractivity contribution in [2.24, 2.45) is 5.92 Å². The van der Waals surface area contributed by atoms with Crippen LogP contribution in [0.5, 0.6) is 0 Å². The normalized spacial score (nSPS) is 16.5. The van der Waals surface area contributed by atoms with Crippen LogP contribution in [0.25, 0.3) is 0 Å². The maximum absolute atomic E-state index is 12.4. The Morgan fingerprint density at radius 3 is 2.26 bits per heavy atom. The number of amides is 1. The fourth-order valence-electron chi connectivity index (χ4n) is 2.59. The summed E-state index contributed by atoms with van der Waals surface area (Å²) in [6.07, 6.45) is 1.57. The first-order valence-corrected chi connectivity index (χ1v) is 6.86. The predicted molar refractivity (Wildman–Crippen MR) is 75.2 cm³/mol. The molecule has 0 bridgehead atoms. The van der Waals surface area contributed by atoms with Gasteiger partial charge in [-0.3, -0.25) is 9.59 Å². The monoisotopic (exact) mass is 259 g/mol. The molecule has 1 heterocycles. The van der Waals surface area contributed by atoms with E-state index in [-0.39, 0.29) is 17.6 Å². The summed E-state index contributed by atoms with van der Waals surface area (Å²) in [7, 11) is 0. The van der Waals surface area contributed by atoms with Crippen LogP contribution in [0.15, 0.2) is 18.2 Å². The Morgan fingerprint density at radius 1 is 1.11 bits per heavy atom. The molecule has 0 atom stereocenters. The minimum absolute atomic E-state index is 0.0673. The highest BCUT2D eigenvalue weighted by Gasteiger charge is 2.26. The average molecular weight is 259 g/mol. The first kappa shape index (κ1) is 13.8. The topological polar surface area (TPSA) is 37.4 Å². The minimum Gasteiger partial charge on any atom is -0.343 e. The van der Waals surface area contributed by atoms with E-state index >= 15 is 0 Å². The molecule has 1 aliphatic heterocycles. The Kier molecular flexibility index (Phi) is 4.03. The summed E-state index contributed by atoms with van der Waals surface area (Å²) in [6, 6.07) is 5.91. The van der Waals surface area contributed by atoms with Crippen molar-refractivity contribution in [1.29, 1.82) is 0 Å². The molecule has 1 aromatic carbocycles. The van der Waals surface area contributed by atoms with Gasteiger partial charge in [-0.15, -0.1) is 0 Å². The van der Waals surface area contributed by atoms with E-state index < -0.39 is 0 Å². The molecule has 0 radical (unpaired) electrons. The van der Waals surface area contributed by atoms with Gasteiger partial charge in [0.1, 0.15) is 0 Å². The van der Waals surface area contributed by atoms with Gasteiger partial charge in [-0.25, -0.2) is 0 Å². The Bertz CT molecular complexity index is 499. The highest BCUT2D eigenvalue weighted by atomic mass is 16.2. The second kappa shape index (κ2) is 5.55. The molecular formula is C16H21NO2. The van der Waals surface area contributed by atoms with E-state index in [9.17, 15) is 9.59 Å². The van der Waals surface area contributed by atoms with E-state index in [4.69, 9.17) is 0 Å². The highest BCUT2D eigenvalue weighted by molar-refractivity contribution is 5.98. The number of carbonyl (C=O) groups excluding carboxylic acids is 2. The van der Waals surface area contributed by atoms with Gasteiger partial charge in [0, 0.05) is 31.5 Å². The van der Waals surface area contributed by atoms with E-state index in [1.165, 1.54) is 5.56 Å². The van der Waals surface area contributed by atoms with Gasteiger partial charge in [0.15, 0.2) is 5.78 Å². The molecule has 3 nitrogen and oxygen atoms in total. The fraction of sp³-hybridized carbons (Fsp3) is 0.500. The molecule has 1 amide bonds. The molecule has 2 rings (SSSR count). The summed E-state index contributed by atoms with van der Waals surface area (Å²) >= 11 is 0. The fourth-order valence-corrected chi connectivity index (χ4v) is 2.59. The van der Waals surface area contributed by atoms with Gasteiger partial charge in [-0.05, 0) is 43.9 Å². The zero-order chi connectivity index (χ0) is 14.0. The standard InChI is InChI=1S/C16H21NO2/c1-11-4-5-15(10-12(11)2)16(19)14-6-8-17(9-7-14)13(3)18/h4-5,10,14H,6-9H2,1-3H3. The minimum atomic E-state index is 0.0673. The molecule has 0 N–H and O–H groups in total. The lowest BCUT2D eigenvalue weighted by molar-refractivity contribution is -0.130. The van der Waals surface area contributed by atoms with Gasteiger partial charge < -0.3 is 4.90 Å². The highest BCUT2D eigenvalue weighted by Crippen LogP contribution is 2.23. The number of Topliss-reactive ketones (excluding diaryl/α,β-unsaturated/α-hetero) is 1. The summed E-state index contributed by atoms with van der Waals surface area (Å²) in [6.45, 7) is 7.08. The molecule has 3 heteroatoms. The molecular weight excluding hydrogens is 238 g/mol. The van der Waals surface area contributed by atoms with E-state index in [0.29, 0.717) is 13.1 Å². The quantitative estimate of drug-likeness (QED) is 0.766. The SMILES string of the molecule is CC(=O)N1CCC(C(=O)c2ccc(C)c(C)c2)CC1. The number of nitrogens with zero attached hydrogens (tertiary/aromatic N) is 1. The van der Waals surface area contributed by atoms with Crippen molar-refractivity contribution in [3.8, 4) is 0 Å². The number of carbonyl (C=O) groups is 2. The average Bonchev–Trinajstić information content (AvgIpc) is 2.41. The van der Waals surface area contributed by atoms with E-state index in [2.05, 4.69) is 6.92 Å². The number of ketones is 1. The Hall–Kier alpha value is -1.64. The Balaban J connectivity index is 2.05. The van der Waals surface area contributed by atoms with Crippen LogP contribution in [-0.2, 0) is 4.79 Å². The second-order valence-electron chi connectivity index (χ2n) is 5.44. The number of aryl methyl sites for hydroxylation is 2. The van der Waals surface area contributed by atoms with Gasteiger partial charge >= 0.3 is 0 Å². The van der Waals surface area contributed by atoms with Crippen molar-refractivity contribution in [2.45, 2.75) is 33.6 Å². The Labute approximate surface area is 114 Å². The Morgan fingerprint density at radius 2 is 1.74 bits per heavy atom. The molecule has 0 spiro atoms. The van der Waals surface area contributed by atoms with Gasteiger partial charge in [0.25, 0.3) is 0 Å². The lowest BCUT2D eigenvalue weighted by atomic mass is 9.88. The second-order valence-corrected chi connectivity index (χ2v) is 5.44. The predicted octanol–water partition coefficient (Wildman–Crippen LogP) is 2.74. The molecule has 19 heavy (non-hydrogen) atoms. The zero-order valence-corrected chi connectivity index (χ0v) is 11.9. The molecule has 0 aliphatic carbocycles. The molecule has 1 fully saturated rings. The number of likely N-dealkylation sites (tertiary alicyclic amines) is 1. The lowest BCUT2D eigenvalue weighted by Gasteiger charge is -2.30. The molecule has 1 aliphatic rings. The van der Waals surface area contributed by atoms with Crippen molar-refractivity contribution >= 4 is 11.7 Å².